The standard InChI is InChI=1S/C6H6O4/c7-3-1-2-4-5(8)6(3)10-9-4/h1-4,6-7H/t3?,4-,6+/m0/s1. The van der Waals surface area contributed by atoms with Gasteiger partial charge in [0.15, 0.2) is 12.2 Å². The predicted molar refractivity (Wildman–Crippen MR) is 29.9 cm³/mol. The second-order valence-corrected chi connectivity index (χ2v) is 2.31. The number of rotatable bonds is 0. The summed E-state index contributed by atoms with van der Waals surface area (Å²) in [6, 6.07) is 0. The molecule has 54 valence electrons. The molecule has 0 aromatic heterocycles. The average Bonchev–Trinajstić information content (AvgIpc) is 2.13. The molecule has 0 spiro atoms. The Kier molecular flexibility index (Phi) is 1.14. The highest BCUT2D eigenvalue weighted by Crippen LogP contribution is 2.22. The number of aliphatic hydroxyl groups excluding tert-OH is 1. The number of carbonyl (C=O) groups is 1. The minimum Gasteiger partial charge on any atom is -0.386 e. The molecule has 0 aromatic carbocycles. The molecule has 0 aromatic rings. The summed E-state index contributed by atoms with van der Waals surface area (Å²) in [6.45, 7) is 0. The highest BCUT2D eigenvalue weighted by molar-refractivity contribution is 5.91. The van der Waals surface area contributed by atoms with Gasteiger partial charge < -0.3 is 5.11 Å². The zero-order valence-electron chi connectivity index (χ0n) is 5.06. The normalized spacial score (nSPS) is 44.5. The van der Waals surface area contributed by atoms with Crippen molar-refractivity contribution in [2.75, 3.05) is 0 Å². The molecule has 2 aliphatic rings. The van der Waals surface area contributed by atoms with Crippen LogP contribution in [0, 0.1) is 0 Å². The van der Waals surface area contributed by atoms with Crippen LogP contribution in [-0.4, -0.2) is 29.2 Å². The molecule has 1 N–H and O–H groups in total. The maximum absolute atomic E-state index is 10.9. The van der Waals surface area contributed by atoms with Gasteiger partial charge in [-0.05, 0) is 6.08 Å². The van der Waals surface area contributed by atoms with E-state index in [4.69, 9.17) is 5.11 Å². The molecule has 3 atom stereocenters. The van der Waals surface area contributed by atoms with Gasteiger partial charge >= 0.3 is 0 Å². The summed E-state index contributed by atoms with van der Waals surface area (Å²) >= 11 is 0. The molecule has 0 amide bonds. The first-order valence-corrected chi connectivity index (χ1v) is 3.01. The maximum Gasteiger partial charge on any atom is 0.203 e. The number of aliphatic hydroxyl groups is 1. The summed E-state index contributed by atoms with van der Waals surface area (Å²) in [6.07, 6.45) is 0.773. The molecule has 4 heteroatoms. The Hall–Kier alpha value is -0.710. The predicted octanol–water partition coefficient (Wildman–Crippen LogP) is -0.815. The summed E-state index contributed by atoms with van der Waals surface area (Å²) in [5, 5.41) is 9.05. The highest BCUT2D eigenvalue weighted by atomic mass is 17.2. The molecular formula is C6H6O4. The lowest BCUT2D eigenvalue weighted by molar-refractivity contribution is -0.294. The van der Waals surface area contributed by atoms with Gasteiger partial charge in [-0.1, -0.05) is 6.08 Å². The van der Waals surface area contributed by atoms with Crippen molar-refractivity contribution in [3.05, 3.63) is 12.2 Å². The number of hydrogen-bond donors (Lipinski definition) is 1. The monoisotopic (exact) mass is 142 g/mol. The van der Waals surface area contributed by atoms with Crippen LogP contribution < -0.4 is 0 Å². The average molecular weight is 142 g/mol. The third-order valence-corrected chi connectivity index (χ3v) is 1.62. The van der Waals surface area contributed by atoms with Gasteiger partial charge in [0.25, 0.3) is 0 Å². The zero-order chi connectivity index (χ0) is 7.14. The van der Waals surface area contributed by atoms with Gasteiger partial charge in [0.1, 0.15) is 6.10 Å². The summed E-state index contributed by atoms with van der Waals surface area (Å²) < 4.78 is 0. The number of ketones is 1. The van der Waals surface area contributed by atoms with Crippen molar-refractivity contribution in [2.24, 2.45) is 0 Å². The summed E-state index contributed by atoms with van der Waals surface area (Å²) in [5.74, 6) is -0.199. The van der Waals surface area contributed by atoms with Gasteiger partial charge in [0.05, 0.1) is 0 Å². The first kappa shape index (κ1) is 6.03. The van der Waals surface area contributed by atoms with Crippen molar-refractivity contribution in [1.29, 1.82) is 0 Å². The summed E-state index contributed by atoms with van der Waals surface area (Å²) in [4.78, 5) is 20.0. The molecule has 1 unspecified atom stereocenters. The van der Waals surface area contributed by atoms with E-state index in [1.807, 2.05) is 0 Å². The quantitative estimate of drug-likeness (QED) is 0.355. The van der Waals surface area contributed by atoms with Crippen LogP contribution in [0.15, 0.2) is 12.2 Å². The van der Waals surface area contributed by atoms with E-state index in [0.29, 0.717) is 0 Å². The molecule has 4 nitrogen and oxygen atoms in total. The maximum atomic E-state index is 10.9. The van der Waals surface area contributed by atoms with Crippen LogP contribution in [-0.2, 0) is 14.6 Å². The third kappa shape index (κ3) is 0.636. The Morgan fingerprint density at radius 2 is 2.20 bits per heavy atom. The second-order valence-electron chi connectivity index (χ2n) is 2.31. The zero-order valence-corrected chi connectivity index (χ0v) is 5.06. The highest BCUT2D eigenvalue weighted by Gasteiger charge is 2.42. The van der Waals surface area contributed by atoms with Crippen LogP contribution in [0.2, 0.25) is 0 Å². The SMILES string of the molecule is O=C1[C@@H]2C=CC(O)[C@H]1OO2. The Morgan fingerprint density at radius 3 is 2.90 bits per heavy atom. The largest absolute Gasteiger partial charge is 0.386 e. The van der Waals surface area contributed by atoms with E-state index in [2.05, 4.69) is 9.78 Å². The Morgan fingerprint density at radius 1 is 1.40 bits per heavy atom. The molecule has 1 saturated heterocycles. The number of fused-ring (bicyclic) bond motifs is 2. The van der Waals surface area contributed by atoms with Crippen molar-refractivity contribution in [1.82, 2.24) is 0 Å². The van der Waals surface area contributed by atoms with E-state index in [1.54, 1.807) is 0 Å². The van der Waals surface area contributed by atoms with Gasteiger partial charge in [-0.3, -0.25) is 4.79 Å². The lowest BCUT2D eigenvalue weighted by atomic mass is 9.99. The van der Waals surface area contributed by atoms with Crippen molar-refractivity contribution in [3.8, 4) is 0 Å². The first-order chi connectivity index (χ1) is 4.79. The molecule has 0 radical (unpaired) electrons. The smallest absolute Gasteiger partial charge is 0.203 e. The Bertz CT molecular complexity index is 198. The minimum absolute atomic E-state index is 0.199. The first-order valence-electron chi connectivity index (χ1n) is 3.01. The molecule has 1 aliphatic carbocycles. The van der Waals surface area contributed by atoms with E-state index >= 15 is 0 Å². The Labute approximate surface area is 57.0 Å². The van der Waals surface area contributed by atoms with Gasteiger partial charge in [0, 0.05) is 0 Å². The van der Waals surface area contributed by atoms with E-state index in [1.165, 1.54) is 12.2 Å². The molecule has 10 heavy (non-hydrogen) atoms. The number of Topliss-reactive ketones (excluding diaryl/α,β-unsaturated/α-hetero) is 1. The van der Waals surface area contributed by atoms with Crippen LogP contribution in [0.4, 0.5) is 0 Å². The summed E-state index contributed by atoms with van der Waals surface area (Å²) in [5.41, 5.74) is 0. The Balaban J connectivity index is 2.33. The fourth-order valence-corrected chi connectivity index (χ4v) is 1.04. The van der Waals surface area contributed by atoms with Crippen LogP contribution >= 0.6 is 0 Å². The third-order valence-electron chi connectivity index (χ3n) is 1.62. The van der Waals surface area contributed by atoms with Crippen molar-refractivity contribution >= 4 is 5.78 Å². The van der Waals surface area contributed by atoms with Crippen LogP contribution in [0.25, 0.3) is 0 Å². The van der Waals surface area contributed by atoms with E-state index in [0.717, 1.165) is 0 Å². The van der Waals surface area contributed by atoms with Crippen molar-refractivity contribution in [2.45, 2.75) is 18.3 Å². The molecule has 1 heterocycles. The molecule has 2 bridgehead atoms. The topological polar surface area (TPSA) is 55.8 Å². The van der Waals surface area contributed by atoms with Gasteiger partial charge in [-0.25, -0.2) is 9.78 Å². The van der Waals surface area contributed by atoms with E-state index in [9.17, 15) is 4.79 Å². The van der Waals surface area contributed by atoms with Crippen LogP contribution in [0.1, 0.15) is 0 Å². The van der Waals surface area contributed by atoms with E-state index in [-0.39, 0.29) is 5.78 Å². The van der Waals surface area contributed by atoms with Crippen LogP contribution in [0.5, 0.6) is 0 Å². The fourth-order valence-electron chi connectivity index (χ4n) is 1.04. The number of hydrogen-bond acceptors (Lipinski definition) is 4. The van der Waals surface area contributed by atoms with Crippen molar-refractivity contribution in [3.63, 3.8) is 0 Å². The molecule has 1 fully saturated rings. The van der Waals surface area contributed by atoms with Gasteiger partial charge in [-0.2, -0.15) is 0 Å². The lowest BCUT2D eigenvalue weighted by Crippen LogP contribution is -2.35. The molecule has 0 saturated carbocycles. The molecular weight excluding hydrogens is 136 g/mol. The van der Waals surface area contributed by atoms with Gasteiger partial charge in [-0.15, -0.1) is 0 Å². The summed E-state index contributed by atoms with van der Waals surface area (Å²) in [7, 11) is 0. The lowest BCUT2D eigenvalue weighted by Gasteiger charge is -2.11. The number of carbonyl (C=O) groups excluding carboxylic acids is 1. The second kappa shape index (κ2) is 1.88. The minimum atomic E-state index is -0.841. The van der Waals surface area contributed by atoms with Gasteiger partial charge in [0.2, 0.25) is 5.78 Å². The van der Waals surface area contributed by atoms with Crippen LogP contribution in [0.3, 0.4) is 0 Å². The molecule has 2 rings (SSSR count). The van der Waals surface area contributed by atoms with Crippen molar-refractivity contribution < 1.29 is 19.7 Å². The molecule has 1 aliphatic heterocycles. The fraction of sp³-hybridized carbons (Fsp3) is 0.500. The van der Waals surface area contributed by atoms with E-state index < -0.39 is 18.3 Å².